The lowest BCUT2D eigenvalue weighted by Gasteiger charge is -2.01. The first-order chi connectivity index (χ1) is 7.36. The van der Waals surface area contributed by atoms with Gasteiger partial charge >= 0.3 is 0 Å². The molecule has 0 amide bonds. The number of hydrogen-bond donors (Lipinski definition) is 0. The molecule has 6 heteroatoms. The fourth-order valence-corrected chi connectivity index (χ4v) is 1.15. The first-order valence-corrected chi connectivity index (χ1v) is 4.02. The molecule has 15 heavy (non-hydrogen) atoms. The SMILES string of the molecule is N#Cc1ccnnc1-n1ccnc1C#N. The number of hydrogen-bond acceptors (Lipinski definition) is 5. The van der Waals surface area contributed by atoms with Crippen LogP contribution in [0.5, 0.6) is 0 Å². The highest BCUT2D eigenvalue weighted by molar-refractivity contribution is 5.43. The molecule has 0 aromatic carbocycles. The van der Waals surface area contributed by atoms with Gasteiger partial charge in [-0.1, -0.05) is 0 Å². The van der Waals surface area contributed by atoms with Gasteiger partial charge in [-0.25, -0.2) is 4.98 Å². The summed E-state index contributed by atoms with van der Waals surface area (Å²) in [6, 6.07) is 5.41. The van der Waals surface area contributed by atoms with Crippen LogP contribution in [-0.4, -0.2) is 19.7 Å². The normalized spacial score (nSPS) is 9.20. The average Bonchev–Trinajstić information content (AvgIpc) is 2.76. The van der Waals surface area contributed by atoms with Gasteiger partial charge < -0.3 is 0 Å². The molecule has 2 aromatic heterocycles. The highest BCUT2D eigenvalue weighted by Crippen LogP contribution is 2.10. The molecule has 0 bridgehead atoms. The standard InChI is InChI=1S/C9H4N6/c10-5-7-1-2-13-14-9(7)15-4-3-12-8(15)6-11/h1-4H. The van der Waals surface area contributed by atoms with Gasteiger partial charge in [0.05, 0.1) is 11.8 Å². The van der Waals surface area contributed by atoms with E-state index >= 15 is 0 Å². The largest absolute Gasteiger partial charge is 0.273 e. The average molecular weight is 196 g/mol. The maximum Gasteiger partial charge on any atom is 0.218 e. The summed E-state index contributed by atoms with van der Waals surface area (Å²) in [6.45, 7) is 0. The molecule has 0 spiro atoms. The van der Waals surface area contributed by atoms with E-state index in [1.54, 1.807) is 6.20 Å². The Morgan fingerprint density at radius 1 is 1.20 bits per heavy atom. The zero-order chi connectivity index (χ0) is 10.7. The van der Waals surface area contributed by atoms with Gasteiger partial charge in [-0.3, -0.25) is 4.57 Å². The van der Waals surface area contributed by atoms with Crippen molar-refractivity contribution in [1.82, 2.24) is 19.7 Å². The molecule has 0 atom stereocenters. The van der Waals surface area contributed by atoms with E-state index in [-0.39, 0.29) is 5.82 Å². The Bertz CT molecular complexity index is 571. The lowest BCUT2D eigenvalue weighted by molar-refractivity contribution is 0.893. The van der Waals surface area contributed by atoms with Crippen LogP contribution in [0.2, 0.25) is 0 Å². The lowest BCUT2D eigenvalue weighted by atomic mass is 10.3. The van der Waals surface area contributed by atoms with Crippen LogP contribution in [0, 0.1) is 22.7 Å². The summed E-state index contributed by atoms with van der Waals surface area (Å²) >= 11 is 0. The van der Waals surface area contributed by atoms with Gasteiger partial charge in [0.25, 0.3) is 0 Å². The predicted molar refractivity (Wildman–Crippen MR) is 48.6 cm³/mol. The predicted octanol–water partition coefficient (Wildman–Crippen LogP) is 0.406. The molecule has 6 nitrogen and oxygen atoms in total. The minimum Gasteiger partial charge on any atom is -0.273 e. The van der Waals surface area contributed by atoms with Gasteiger partial charge in [-0.15, -0.1) is 5.10 Å². The molecule has 2 aromatic rings. The van der Waals surface area contributed by atoms with Crippen LogP contribution in [0.1, 0.15) is 11.4 Å². The van der Waals surface area contributed by atoms with E-state index in [0.717, 1.165) is 0 Å². The molecule has 0 fully saturated rings. The van der Waals surface area contributed by atoms with Crippen molar-refractivity contribution in [3.05, 3.63) is 36.0 Å². The Morgan fingerprint density at radius 3 is 2.80 bits per heavy atom. The van der Waals surface area contributed by atoms with Crippen molar-refractivity contribution in [2.75, 3.05) is 0 Å². The van der Waals surface area contributed by atoms with E-state index in [9.17, 15) is 0 Å². The van der Waals surface area contributed by atoms with Gasteiger partial charge in [0.15, 0.2) is 5.82 Å². The molecule has 0 aliphatic carbocycles. The topological polar surface area (TPSA) is 91.2 Å². The molecule has 0 N–H and O–H groups in total. The Kier molecular flexibility index (Phi) is 2.10. The van der Waals surface area contributed by atoms with Crippen molar-refractivity contribution in [2.45, 2.75) is 0 Å². The third-order valence-electron chi connectivity index (χ3n) is 1.79. The highest BCUT2D eigenvalue weighted by atomic mass is 15.2. The summed E-state index contributed by atoms with van der Waals surface area (Å²) in [6.07, 6.45) is 4.45. The quantitative estimate of drug-likeness (QED) is 0.658. The second-order valence-corrected chi connectivity index (χ2v) is 2.61. The zero-order valence-corrected chi connectivity index (χ0v) is 7.49. The van der Waals surface area contributed by atoms with Crippen molar-refractivity contribution in [1.29, 1.82) is 10.5 Å². The number of nitriles is 2. The molecule has 0 aliphatic heterocycles. The van der Waals surface area contributed by atoms with Gasteiger partial charge in [-0.05, 0) is 6.07 Å². The number of aromatic nitrogens is 4. The number of rotatable bonds is 1. The van der Waals surface area contributed by atoms with Gasteiger partial charge in [0.2, 0.25) is 5.82 Å². The summed E-state index contributed by atoms with van der Waals surface area (Å²) in [5.74, 6) is 0.487. The molecule has 0 saturated heterocycles. The zero-order valence-electron chi connectivity index (χ0n) is 7.49. The summed E-state index contributed by atoms with van der Waals surface area (Å²) in [5.41, 5.74) is 0.347. The number of nitrogens with zero attached hydrogens (tertiary/aromatic N) is 6. The fraction of sp³-hybridized carbons (Fsp3) is 0. The Labute approximate surface area is 85.1 Å². The minimum atomic E-state index is 0.173. The third kappa shape index (κ3) is 1.40. The van der Waals surface area contributed by atoms with Crippen LogP contribution < -0.4 is 0 Å². The van der Waals surface area contributed by atoms with E-state index in [1.807, 2.05) is 12.1 Å². The monoisotopic (exact) mass is 196 g/mol. The Morgan fingerprint density at radius 2 is 2.07 bits per heavy atom. The van der Waals surface area contributed by atoms with E-state index in [2.05, 4.69) is 15.2 Å². The van der Waals surface area contributed by atoms with Crippen molar-refractivity contribution >= 4 is 0 Å². The second kappa shape index (κ2) is 3.56. The highest BCUT2D eigenvalue weighted by Gasteiger charge is 2.09. The molecule has 2 rings (SSSR count). The summed E-state index contributed by atoms with van der Waals surface area (Å²) < 4.78 is 1.42. The van der Waals surface area contributed by atoms with Crippen LogP contribution >= 0.6 is 0 Å². The van der Waals surface area contributed by atoms with Crippen molar-refractivity contribution < 1.29 is 0 Å². The van der Waals surface area contributed by atoms with Gasteiger partial charge in [0, 0.05) is 12.4 Å². The van der Waals surface area contributed by atoms with Gasteiger partial charge in [0.1, 0.15) is 12.1 Å². The lowest BCUT2D eigenvalue weighted by Crippen LogP contribution is -2.03. The molecule has 0 aliphatic rings. The Hall–Kier alpha value is -2.73. The summed E-state index contributed by atoms with van der Waals surface area (Å²) in [5, 5.41) is 25.1. The van der Waals surface area contributed by atoms with Crippen LogP contribution in [0.15, 0.2) is 24.7 Å². The maximum atomic E-state index is 8.85. The summed E-state index contributed by atoms with van der Waals surface area (Å²) in [7, 11) is 0. The van der Waals surface area contributed by atoms with Crippen LogP contribution in [-0.2, 0) is 0 Å². The van der Waals surface area contributed by atoms with E-state index in [0.29, 0.717) is 11.4 Å². The second-order valence-electron chi connectivity index (χ2n) is 2.61. The molecule has 70 valence electrons. The summed E-state index contributed by atoms with van der Waals surface area (Å²) in [4.78, 5) is 3.81. The van der Waals surface area contributed by atoms with Crippen LogP contribution in [0.25, 0.3) is 5.82 Å². The Balaban J connectivity index is 2.66. The van der Waals surface area contributed by atoms with Crippen molar-refractivity contribution in [3.8, 4) is 18.0 Å². The molecule has 0 radical (unpaired) electrons. The fourth-order valence-electron chi connectivity index (χ4n) is 1.15. The van der Waals surface area contributed by atoms with Gasteiger partial charge in [-0.2, -0.15) is 15.6 Å². The van der Waals surface area contributed by atoms with E-state index in [4.69, 9.17) is 10.5 Å². The minimum absolute atomic E-state index is 0.173. The third-order valence-corrected chi connectivity index (χ3v) is 1.79. The van der Waals surface area contributed by atoms with Crippen LogP contribution in [0.4, 0.5) is 0 Å². The molecule has 2 heterocycles. The molecular formula is C9H4N6. The maximum absolute atomic E-state index is 8.85. The first-order valence-electron chi connectivity index (χ1n) is 4.02. The van der Waals surface area contributed by atoms with E-state index < -0.39 is 0 Å². The van der Waals surface area contributed by atoms with Crippen molar-refractivity contribution in [2.24, 2.45) is 0 Å². The smallest absolute Gasteiger partial charge is 0.218 e. The van der Waals surface area contributed by atoms with Crippen molar-refractivity contribution in [3.63, 3.8) is 0 Å². The number of imidazole rings is 1. The molecular weight excluding hydrogens is 192 g/mol. The first kappa shape index (κ1) is 8.85. The molecule has 0 unspecified atom stereocenters. The van der Waals surface area contributed by atoms with Crippen LogP contribution in [0.3, 0.4) is 0 Å². The van der Waals surface area contributed by atoms with E-state index in [1.165, 1.54) is 23.0 Å². The molecule has 0 saturated carbocycles.